The van der Waals surface area contributed by atoms with Crippen LogP contribution in [0.2, 0.25) is 0 Å². The number of carbonyl (C=O) groups excluding carboxylic acids is 1. The van der Waals surface area contributed by atoms with Gasteiger partial charge in [0.15, 0.2) is 11.3 Å². The smallest absolute Gasteiger partial charge is 0.199 e. The number of aromatic nitrogens is 1. The Hall–Kier alpha value is -3.53. The molecule has 132 valence electrons. The number of H-pyrrole nitrogens is 1. The lowest BCUT2D eigenvalue weighted by Crippen LogP contribution is -2.39. The lowest BCUT2D eigenvalue weighted by molar-refractivity contribution is 0.0941. The van der Waals surface area contributed by atoms with E-state index in [4.69, 9.17) is 4.74 Å². The van der Waals surface area contributed by atoms with Gasteiger partial charge < -0.3 is 15.0 Å². The molecule has 27 heavy (non-hydrogen) atoms. The maximum absolute atomic E-state index is 13.7. The normalized spacial score (nSPS) is 18.3. The minimum atomic E-state index is -0.961. The Labute approximate surface area is 156 Å². The molecule has 1 aliphatic rings. The molecule has 0 radical (unpaired) electrons. The van der Waals surface area contributed by atoms with Crippen LogP contribution in [-0.4, -0.2) is 17.9 Å². The summed E-state index contributed by atoms with van der Waals surface area (Å²) in [5, 5.41) is 4.53. The number of ketones is 1. The summed E-state index contributed by atoms with van der Waals surface area (Å²) in [6.45, 7) is 0. The second kappa shape index (κ2) is 5.74. The summed E-state index contributed by atoms with van der Waals surface area (Å²) >= 11 is 0. The summed E-state index contributed by atoms with van der Waals surface area (Å²) in [5.41, 5.74) is 3.37. The van der Waals surface area contributed by atoms with Gasteiger partial charge in [-0.25, -0.2) is 0 Å². The fraction of sp³-hybridized carbons (Fsp3) is 0.0870. The first-order valence-electron chi connectivity index (χ1n) is 8.87. The second-order valence-corrected chi connectivity index (χ2v) is 6.73. The summed E-state index contributed by atoms with van der Waals surface area (Å²) in [6.07, 6.45) is 1.92. The monoisotopic (exact) mass is 354 g/mol. The van der Waals surface area contributed by atoms with Crippen LogP contribution in [0, 0.1) is 0 Å². The van der Waals surface area contributed by atoms with Crippen LogP contribution in [0.3, 0.4) is 0 Å². The van der Waals surface area contributed by atoms with Gasteiger partial charge in [-0.15, -0.1) is 0 Å². The summed E-state index contributed by atoms with van der Waals surface area (Å²) < 4.78 is 5.34. The van der Waals surface area contributed by atoms with Crippen LogP contribution in [-0.2, 0) is 5.54 Å². The Kier molecular flexibility index (Phi) is 3.34. The van der Waals surface area contributed by atoms with Crippen molar-refractivity contribution in [1.82, 2.24) is 4.98 Å². The molecule has 3 aromatic carbocycles. The van der Waals surface area contributed by atoms with E-state index in [1.807, 2.05) is 79.0 Å². The number of anilines is 1. The number of rotatable bonds is 3. The van der Waals surface area contributed by atoms with Crippen molar-refractivity contribution in [2.24, 2.45) is 0 Å². The molecule has 0 amide bonds. The van der Waals surface area contributed by atoms with E-state index in [1.54, 1.807) is 7.11 Å². The Morgan fingerprint density at radius 2 is 1.70 bits per heavy atom. The van der Waals surface area contributed by atoms with Gasteiger partial charge in [-0.3, -0.25) is 4.79 Å². The molecule has 1 atom stereocenters. The molecule has 0 spiro atoms. The van der Waals surface area contributed by atoms with Crippen LogP contribution < -0.4 is 10.1 Å². The van der Waals surface area contributed by atoms with Crippen LogP contribution in [0.15, 0.2) is 79.0 Å². The lowest BCUT2D eigenvalue weighted by atomic mass is 9.79. The molecular formula is C23H18N2O2. The van der Waals surface area contributed by atoms with Gasteiger partial charge in [0.05, 0.1) is 7.11 Å². The highest BCUT2D eigenvalue weighted by Gasteiger charge is 2.49. The molecule has 1 unspecified atom stereocenters. The van der Waals surface area contributed by atoms with Gasteiger partial charge in [-0.1, -0.05) is 42.5 Å². The van der Waals surface area contributed by atoms with Crippen molar-refractivity contribution in [3.8, 4) is 5.75 Å². The summed E-state index contributed by atoms with van der Waals surface area (Å²) in [6, 6.07) is 23.4. The fourth-order valence-electron chi connectivity index (χ4n) is 4.03. The molecule has 0 fully saturated rings. The van der Waals surface area contributed by atoms with Gasteiger partial charge in [0.25, 0.3) is 0 Å². The first-order chi connectivity index (χ1) is 13.2. The van der Waals surface area contributed by atoms with E-state index in [9.17, 15) is 4.79 Å². The summed E-state index contributed by atoms with van der Waals surface area (Å²) in [5.74, 6) is 0.833. The molecule has 1 aromatic heterocycles. The zero-order chi connectivity index (χ0) is 18.4. The van der Waals surface area contributed by atoms with Crippen LogP contribution in [0.5, 0.6) is 5.75 Å². The van der Waals surface area contributed by atoms with Crippen molar-refractivity contribution in [3.05, 3.63) is 95.7 Å². The summed E-state index contributed by atoms with van der Waals surface area (Å²) in [7, 11) is 1.65. The number of aromatic amines is 1. The minimum absolute atomic E-state index is 0.0565. The number of methoxy groups -OCH3 is 1. The maximum Gasteiger partial charge on any atom is 0.199 e. The highest BCUT2D eigenvalue weighted by Crippen LogP contribution is 2.46. The second-order valence-electron chi connectivity index (χ2n) is 6.73. The van der Waals surface area contributed by atoms with Crippen molar-refractivity contribution in [1.29, 1.82) is 0 Å². The molecule has 2 heterocycles. The zero-order valence-electron chi connectivity index (χ0n) is 14.8. The van der Waals surface area contributed by atoms with Gasteiger partial charge in [0.1, 0.15) is 5.75 Å². The molecule has 5 rings (SSSR count). The number of carbonyl (C=O) groups is 1. The third kappa shape index (κ3) is 2.13. The highest BCUT2D eigenvalue weighted by molar-refractivity contribution is 6.17. The third-order valence-corrected chi connectivity index (χ3v) is 5.33. The molecular weight excluding hydrogens is 336 g/mol. The Morgan fingerprint density at radius 1 is 0.926 bits per heavy atom. The zero-order valence-corrected chi connectivity index (χ0v) is 14.8. The predicted molar refractivity (Wildman–Crippen MR) is 106 cm³/mol. The molecule has 4 nitrogen and oxygen atoms in total. The van der Waals surface area contributed by atoms with Crippen LogP contribution in [0.25, 0.3) is 10.9 Å². The van der Waals surface area contributed by atoms with Gasteiger partial charge >= 0.3 is 0 Å². The third-order valence-electron chi connectivity index (χ3n) is 5.33. The number of benzene rings is 3. The largest absolute Gasteiger partial charge is 0.497 e. The molecule has 1 aliphatic heterocycles. The van der Waals surface area contributed by atoms with Gasteiger partial charge in [-0.05, 0) is 29.8 Å². The van der Waals surface area contributed by atoms with Gasteiger partial charge in [0, 0.05) is 40.0 Å². The summed E-state index contributed by atoms with van der Waals surface area (Å²) in [4.78, 5) is 17.0. The molecule has 4 heteroatoms. The van der Waals surface area contributed by atoms with Crippen molar-refractivity contribution >= 4 is 22.4 Å². The van der Waals surface area contributed by atoms with Crippen LogP contribution in [0.1, 0.15) is 21.5 Å². The van der Waals surface area contributed by atoms with E-state index in [-0.39, 0.29) is 5.78 Å². The van der Waals surface area contributed by atoms with E-state index in [0.717, 1.165) is 33.5 Å². The number of para-hydroxylation sites is 1. The number of hydrogen-bond acceptors (Lipinski definition) is 3. The van der Waals surface area contributed by atoms with E-state index >= 15 is 0 Å². The number of hydrogen-bond donors (Lipinski definition) is 2. The Bertz CT molecular complexity index is 1160. The van der Waals surface area contributed by atoms with Crippen molar-refractivity contribution in [2.45, 2.75) is 5.54 Å². The van der Waals surface area contributed by atoms with Gasteiger partial charge in [0.2, 0.25) is 0 Å². The maximum atomic E-state index is 13.7. The van der Waals surface area contributed by atoms with E-state index < -0.39 is 5.54 Å². The van der Waals surface area contributed by atoms with Crippen LogP contribution in [0.4, 0.5) is 5.69 Å². The van der Waals surface area contributed by atoms with Gasteiger partial charge in [-0.2, -0.15) is 0 Å². The molecule has 0 aliphatic carbocycles. The van der Waals surface area contributed by atoms with Crippen molar-refractivity contribution in [3.63, 3.8) is 0 Å². The molecule has 2 N–H and O–H groups in total. The first-order valence-corrected chi connectivity index (χ1v) is 8.87. The average Bonchev–Trinajstić information content (AvgIpc) is 3.28. The lowest BCUT2D eigenvalue weighted by Gasteiger charge is -2.29. The number of ether oxygens (including phenoxy) is 1. The molecule has 0 bridgehead atoms. The quantitative estimate of drug-likeness (QED) is 0.559. The standard InChI is InChI=1S/C23H18N2O2/c1-27-16-11-12-17-19(14-24-21(17)13-16)23(15-7-3-2-4-8-15)22(26)18-9-5-6-10-20(18)25-23/h2-14,24-25H,1H3. The predicted octanol–water partition coefficient (Wildman–Crippen LogP) is 4.73. The number of fused-ring (bicyclic) bond motifs is 2. The fourth-order valence-corrected chi connectivity index (χ4v) is 4.03. The Morgan fingerprint density at radius 3 is 2.48 bits per heavy atom. The van der Waals surface area contributed by atoms with Crippen molar-refractivity contribution < 1.29 is 9.53 Å². The van der Waals surface area contributed by atoms with Crippen LogP contribution >= 0.6 is 0 Å². The molecule has 4 aromatic rings. The molecule has 0 saturated heterocycles. The topological polar surface area (TPSA) is 54.1 Å². The molecule has 0 saturated carbocycles. The SMILES string of the molecule is COc1ccc2c(C3(c4ccccc4)Nc4ccccc4C3=O)c[nH]c2c1. The first kappa shape index (κ1) is 15.7. The van der Waals surface area contributed by atoms with E-state index in [2.05, 4.69) is 10.3 Å². The Balaban J connectivity index is 1.80. The number of nitrogens with one attached hydrogen (secondary N) is 2. The number of Topliss-reactive ketones (excluding diaryl/α,β-unsaturated/α-hetero) is 1. The van der Waals surface area contributed by atoms with E-state index in [1.165, 1.54) is 0 Å². The van der Waals surface area contributed by atoms with Crippen molar-refractivity contribution in [2.75, 3.05) is 12.4 Å². The highest BCUT2D eigenvalue weighted by atomic mass is 16.5. The minimum Gasteiger partial charge on any atom is -0.497 e. The van der Waals surface area contributed by atoms with E-state index in [0.29, 0.717) is 5.56 Å². The average molecular weight is 354 g/mol.